The molecule has 0 fully saturated rings. The Kier molecular flexibility index (Phi) is 10.6. The van der Waals surface area contributed by atoms with Crippen molar-refractivity contribution in [3.8, 4) is 23.0 Å². The third-order valence-corrected chi connectivity index (χ3v) is 9.64. The Morgan fingerprint density at radius 1 is 1.02 bits per heavy atom. The highest BCUT2D eigenvalue weighted by Gasteiger charge is 2.35. The topological polar surface area (TPSA) is 97.6 Å². The number of carbonyl (C=O) groups is 1. The van der Waals surface area contributed by atoms with Crippen LogP contribution in [0.5, 0.6) is 23.0 Å². The first-order valence-corrected chi connectivity index (χ1v) is 16.7. The first kappa shape index (κ1) is 33.8. The van der Waals surface area contributed by atoms with Gasteiger partial charge < -0.3 is 23.7 Å². The summed E-state index contributed by atoms with van der Waals surface area (Å²) in [7, 11) is 4.57. The standard InChI is InChI=1S/C33H29Br2ClN2O7S/c1-6-44-32(40)28-17(2)37-33-38(29(28)21-14-24(41-3)25(42-4)15-22(21)35)31(39)27(46-33)13-19-11-23(36)30(26(12-19)43-5)45-16-18-7-9-20(34)10-8-18/h7-15,29H,6,16H2,1-5H3/b27-13-/t29-/m1/s1. The lowest BCUT2D eigenvalue weighted by molar-refractivity contribution is -0.139. The minimum atomic E-state index is -0.862. The number of halogens is 3. The fourth-order valence-corrected chi connectivity index (χ4v) is 7.14. The van der Waals surface area contributed by atoms with Gasteiger partial charge in [-0.15, -0.1) is 0 Å². The van der Waals surface area contributed by atoms with Crippen molar-refractivity contribution in [1.82, 2.24) is 4.57 Å². The van der Waals surface area contributed by atoms with Gasteiger partial charge in [-0.1, -0.05) is 66.9 Å². The molecule has 2 heterocycles. The van der Waals surface area contributed by atoms with Crippen LogP contribution >= 0.6 is 54.8 Å². The molecule has 1 aromatic heterocycles. The van der Waals surface area contributed by atoms with Gasteiger partial charge in [0.2, 0.25) is 0 Å². The molecule has 0 spiro atoms. The quantitative estimate of drug-likeness (QED) is 0.168. The van der Waals surface area contributed by atoms with E-state index in [1.165, 1.54) is 37.2 Å². The molecule has 5 rings (SSSR count). The average molecular weight is 793 g/mol. The van der Waals surface area contributed by atoms with Crippen LogP contribution in [0.1, 0.15) is 36.6 Å². The molecule has 1 aliphatic rings. The summed E-state index contributed by atoms with van der Waals surface area (Å²) in [6, 6.07) is 13.8. The Bertz CT molecular complexity index is 2020. The molecule has 0 unspecified atom stereocenters. The number of fused-ring (bicyclic) bond motifs is 1. The number of esters is 1. The van der Waals surface area contributed by atoms with E-state index >= 15 is 0 Å². The number of hydrogen-bond donors (Lipinski definition) is 0. The second-order valence-corrected chi connectivity index (χ2v) is 13.2. The zero-order valence-electron chi connectivity index (χ0n) is 25.5. The maximum atomic E-state index is 14.2. The van der Waals surface area contributed by atoms with Crippen LogP contribution in [-0.2, 0) is 16.1 Å². The van der Waals surface area contributed by atoms with E-state index in [9.17, 15) is 9.59 Å². The number of thiazole rings is 1. The molecule has 46 heavy (non-hydrogen) atoms. The molecule has 0 aliphatic carbocycles. The van der Waals surface area contributed by atoms with Crippen LogP contribution in [0, 0.1) is 0 Å². The minimum Gasteiger partial charge on any atom is -0.493 e. The minimum absolute atomic E-state index is 0.158. The molecule has 3 aromatic carbocycles. The Hall–Kier alpha value is -3.58. The van der Waals surface area contributed by atoms with Gasteiger partial charge in [0.15, 0.2) is 27.8 Å². The van der Waals surface area contributed by atoms with Crippen molar-refractivity contribution in [1.29, 1.82) is 0 Å². The highest BCUT2D eigenvalue weighted by Crippen LogP contribution is 2.41. The molecular weight excluding hydrogens is 764 g/mol. The SMILES string of the molecule is CCOC(=O)C1=C(C)N=c2s/c(=C\c3cc(Cl)c(OCc4ccc(Br)cc4)c(OC)c3)c(=O)n2[C@@H]1c1cc(OC)c(OC)cc1Br. The van der Waals surface area contributed by atoms with Gasteiger partial charge in [-0.25, -0.2) is 9.79 Å². The molecule has 0 saturated carbocycles. The van der Waals surface area contributed by atoms with E-state index in [0.717, 1.165) is 10.0 Å². The van der Waals surface area contributed by atoms with Gasteiger partial charge in [0.05, 0.1) is 54.8 Å². The van der Waals surface area contributed by atoms with Crippen LogP contribution in [0.3, 0.4) is 0 Å². The monoisotopic (exact) mass is 790 g/mol. The van der Waals surface area contributed by atoms with Gasteiger partial charge in [-0.3, -0.25) is 9.36 Å². The Morgan fingerprint density at radius 3 is 2.35 bits per heavy atom. The highest BCUT2D eigenvalue weighted by atomic mass is 79.9. The number of rotatable bonds is 10. The number of aromatic nitrogens is 1. The van der Waals surface area contributed by atoms with Crippen LogP contribution in [0.4, 0.5) is 0 Å². The van der Waals surface area contributed by atoms with E-state index in [0.29, 0.717) is 58.7 Å². The zero-order chi connectivity index (χ0) is 33.1. The lowest BCUT2D eigenvalue weighted by Gasteiger charge is -2.26. The van der Waals surface area contributed by atoms with Crippen molar-refractivity contribution in [3.05, 3.63) is 110 Å². The molecule has 9 nitrogen and oxygen atoms in total. The van der Waals surface area contributed by atoms with Crippen LogP contribution in [0.15, 0.2) is 78.5 Å². The second-order valence-electron chi connectivity index (χ2n) is 9.98. The zero-order valence-corrected chi connectivity index (χ0v) is 30.2. The van der Waals surface area contributed by atoms with Crippen LogP contribution in [-0.4, -0.2) is 38.5 Å². The molecule has 0 amide bonds. The van der Waals surface area contributed by atoms with Gasteiger partial charge in [0.1, 0.15) is 6.61 Å². The Labute approximate surface area is 290 Å². The molecule has 1 atom stereocenters. The summed E-state index contributed by atoms with van der Waals surface area (Å²) in [5, 5.41) is 0.322. The molecule has 13 heteroatoms. The van der Waals surface area contributed by atoms with Crippen molar-refractivity contribution < 1.29 is 28.5 Å². The predicted octanol–water partition coefficient (Wildman–Crippen LogP) is 6.58. The molecule has 0 N–H and O–H groups in total. The largest absolute Gasteiger partial charge is 0.493 e. The maximum Gasteiger partial charge on any atom is 0.338 e. The first-order valence-electron chi connectivity index (χ1n) is 14.0. The van der Waals surface area contributed by atoms with E-state index in [4.69, 9.17) is 35.3 Å². The molecule has 240 valence electrons. The Morgan fingerprint density at radius 2 is 1.70 bits per heavy atom. The lowest BCUT2D eigenvalue weighted by atomic mass is 9.95. The summed E-state index contributed by atoms with van der Waals surface area (Å²) in [5.74, 6) is 1.15. The van der Waals surface area contributed by atoms with Gasteiger partial charge in [-0.05, 0) is 73.0 Å². The van der Waals surface area contributed by atoms with Crippen molar-refractivity contribution in [3.63, 3.8) is 0 Å². The number of allylic oxidation sites excluding steroid dienone is 1. The molecule has 0 saturated heterocycles. The van der Waals surface area contributed by atoms with Gasteiger partial charge in [0.25, 0.3) is 5.56 Å². The summed E-state index contributed by atoms with van der Waals surface area (Å²) in [6.07, 6.45) is 1.71. The molecule has 0 bridgehead atoms. The number of benzene rings is 3. The Balaban J connectivity index is 1.62. The fourth-order valence-electron chi connectivity index (χ4n) is 5.02. The van der Waals surface area contributed by atoms with Gasteiger partial charge >= 0.3 is 5.97 Å². The highest BCUT2D eigenvalue weighted by molar-refractivity contribution is 9.10. The summed E-state index contributed by atoms with van der Waals surface area (Å²) >= 11 is 14.9. The van der Waals surface area contributed by atoms with Gasteiger partial charge in [-0.2, -0.15) is 0 Å². The summed E-state index contributed by atoms with van der Waals surface area (Å²) < 4.78 is 31.5. The predicted molar refractivity (Wildman–Crippen MR) is 184 cm³/mol. The van der Waals surface area contributed by atoms with Crippen molar-refractivity contribution in [2.45, 2.75) is 26.5 Å². The van der Waals surface area contributed by atoms with Crippen LogP contribution in [0.25, 0.3) is 6.08 Å². The molecule has 4 aromatic rings. The normalized spacial score (nSPS) is 14.4. The maximum absolute atomic E-state index is 14.2. The van der Waals surface area contributed by atoms with E-state index in [-0.39, 0.29) is 24.3 Å². The number of hydrogen-bond acceptors (Lipinski definition) is 9. The third-order valence-electron chi connectivity index (χ3n) is 7.16. The van der Waals surface area contributed by atoms with E-state index in [2.05, 4.69) is 36.9 Å². The first-order chi connectivity index (χ1) is 22.1. The lowest BCUT2D eigenvalue weighted by Crippen LogP contribution is -2.40. The fraction of sp³-hybridized carbons (Fsp3) is 0.242. The van der Waals surface area contributed by atoms with Crippen molar-refractivity contribution in [2.24, 2.45) is 4.99 Å². The van der Waals surface area contributed by atoms with E-state index < -0.39 is 12.0 Å². The molecular formula is C33H29Br2ClN2O7S. The van der Waals surface area contributed by atoms with Crippen molar-refractivity contribution >= 4 is 66.8 Å². The average Bonchev–Trinajstić information content (AvgIpc) is 3.33. The molecule has 0 radical (unpaired) electrons. The summed E-state index contributed by atoms with van der Waals surface area (Å²) in [5.41, 5.74) is 2.50. The number of carbonyl (C=O) groups excluding carboxylic acids is 1. The van der Waals surface area contributed by atoms with E-state index in [1.54, 1.807) is 44.2 Å². The number of ether oxygens (including phenoxy) is 5. The second kappa shape index (κ2) is 14.5. The third kappa shape index (κ3) is 6.76. The van der Waals surface area contributed by atoms with Crippen molar-refractivity contribution in [2.75, 3.05) is 27.9 Å². The number of methoxy groups -OCH3 is 3. The van der Waals surface area contributed by atoms with Crippen LogP contribution in [0.2, 0.25) is 5.02 Å². The molecule has 1 aliphatic heterocycles. The van der Waals surface area contributed by atoms with Gasteiger partial charge in [0, 0.05) is 8.95 Å². The number of nitrogens with zero attached hydrogens (tertiary/aromatic N) is 2. The van der Waals surface area contributed by atoms with E-state index in [1.807, 2.05) is 24.3 Å². The van der Waals surface area contributed by atoms with Crippen LogP contribution < -0.4 is 33.8 Å². The summed E-state index contributed by atoms with van der Waals surface area (Å²) in [4.78, 5) is 32.6. The smallest absolute Gasteiger partial charge is 0.338 e. The summed E-state index contributed by atoms with van der Waals surface area (Å²) in [6.45, 7) is 3.89.